The molecule has 0 saturated heterocycles. The molecular formula is C30H16BrCl3N4O5. The first-order valence-corrected chi connectivity index (χ1v) is 14.4. The molecule has 9 nitrogen and oxygen atoms in total. The second-order valence-electron chi connectivity index (χ2n) is 9.24. The van der Waals surface area contributed by atoms with Crippen molar-refractivity contribution in [2.75, 3.05) is 0 Å². The number of hydrogen-bond acceptors (Lipinski definition) is 7. The summed E-state index contributed by atoms with van der Waals surface area (Å²) in [5.74, 6) is 0.310. The Morgan fingerprint density at radius 3 is 2.63 bits per heavy atom. The summed E-state index contributed by atoms with van der Waals surface area (Å²) in [6.07, 6.45) is 1.25. The summed E-state index contributed by atoms with van der Waals surface area (Å²) in [4.78, 5) is 29.7. The van der Waals surface area contributed by atoms with E-state index in [1.54, 1.807) is 54.6 Å². The topological polar surface area (TPSA) is 113 Å². The Kier molecular flexibility index (Phi) is 7.93. The van der Waals surface area contributed by atoms with Gasteiger partial charge in [0.2, 0.25) is 11.6 Å². The lowest BCUT2D eigenvalue weighted by molar-refractivity contribution is -0.385. The van der Waals surface area contributed by atoms with Crippen molar-refractivity contribution in [2.45, 2.75) is 6.61 Å². The second kappa shape index (κ2) is 11.8. The van der Waals surface area contributed by atoms with E-state index in [-0.39, 0.29) is 34.5 Å². The van der Waals surface area contributed by atoms with Crippen molar-refractivity contribution >= 4 is 84.5 Å². The predicted molar refractivity (Wildman–Crippen MR) is 171 cm³/mol. The summed E-state index contributed by atoms with van der Waals surface area (Å²) < 4.78 is 13.9. The van der Waals surface area contributed by atoms with E-state index in [1.165, 1.54) is 18.3 Å². The normalized spacial score (nSPS) is 11.5. The number of halogens is 4. The third-order valence-corrected chi connectivity index (χ3v) is 7.84. The fourth-order valence-electron chi connectivity index (χ4n) is 4.41. The van der Waals surface area contributed by atoms with Crippen LogP contribution in [-0.4, -0.2) is 20.8 Å². The number of aromatic nitrogens is 2. The van der Waals surface area contributed by atoms with E-state index in [2.05, 4.69) is 26.0 Å². The van der Waals surface area contributed by atoms with Gasteiger partial charge in [-0.3, -0.25) is 14.9 Å². The fraction of sp³-hybridized carbons (Fsp3) is 0.0333. The first kappa shape index (κ1) is 28.9. The third-order valence-electron chi connectivity index (χ3n) is 6.39. The number of benzene rings is 4. The highest BCUT2D eigenvalue weighted by Crippen LogP contribution is 2.35. The van der Waals surface area contributed by atoms with E-state index in [0.717, 1.165) is 14.5 Å². The molecule has 0 amide bonds. The van der Waals surface area contributed by atoms with Crippen molar-refractivity contribution in [3.05, 3.63) is 130 Å². The minimum atomic E-state index is -0.616. The molecule has 2 aromatic heterocycles. The van der Waals surface area contributed by atoms with E-state index in [4.69, 9.17) is 44.0 Å². The minimum Gasteiger partial charge on any atom is -0.481 e. The van der Waals surface area contributed by atoms with Crippen LogP contribution >= 0.6 is 50.7 Å². The zero-order valence-electron chi connectivity index (χ0n) is 21.6. The van der Waals surface area contributed by atoms with Gasteiger partial charge in [-0.05, 0) is 60.2 Å². The summed E-state index contributed by atoms with van der Waals surface area (Å²) in [6, 6.07) is 21.6. The van der Waals surface area contributed by atoms with Gasteiger partial charge >= 0.3 is 5.69 Å². The van der Waals surface area contributed by atoms with Gasteiger partial charge in [-0.25, -0.2) is 4.98 Å². The summed E-state index contributed by atoms with van der Waals surface area (Å²) in [7, 11) is 0. The monoisotopic (exact) mass is 696 g/mol. The number of para-hydroxylation sites is 1. The summed E-state index contributed by atoms with van der Waals surface area (Å²) in [5.41, 5.74) is 0.933. The van der Waals surface area contributed by atoms with Gasteiger partial charge in [-0.2, -0.15) is 9.78 Å². The molecule has 0 radical (unpaired) electrons. The predicted octanol–water partition coefficient (Wildman–Crippen LogP) is 8.90. The Bertz CT molecular complexity index is 2160. The SMILES string of the molecule is O=c1c2ccccc2nc(-c2cc3cc(Br)ccc3o2)n1N=Cc1cc(Cl)cc([N+](=O)[O-])c1OCc1ccc(Cl)c(Cl)c1. The molecule has 6 rings (SSSR count). The molecule has 0 aliphatic carbocycles. The smallest absolute Gasteiger partial charge is 0.313 e. The number of furan rings is 1. The molecule has 43 heavy (non-hydrogen) atoms. The molecule has 4 aromatic carbocycles. The number of hydrogen-bond donors (Lipinski definition) is 0. The second-order valence-corrected chi connectivity index (χ2v) is 11.4. The van der Waals surface area contributed by atoms with Crippen molar-refractivity contribution in [1.82, 2.24) is 9.66 Å². The van der Waals surface area contributed by atoms with Crippen molar-refractivity contribution in [2.24, 2.45) is 5.10 Å². The molecule has 2 heterocycles. The van der Waals surface area contributed by atoms with E-state index >= 15 is 0 Å². The first-order valence-electron chi connectivity index (χ1n) is 12.5. The van der Waals surface area contributed by atoms with Crippen LogP contribution in [0.15, 0.2) is 97.6 Å². The maximum atomic E-state index is 13.7. The molecule has 0 atom stereocenters. The molecule has 0 bridgehead atoms. The zero-order chi connectivity index (χ0) is 30.2. The molecule has 6 aromatic rings. The third kappa shape index (κ3) is 5.87. The molecule has 0 fully saturated rings. The van der Waals surface area contributed by atoms with Crippen molar-refractivity contribution in [3.8, 4) is 17.3 Å². The van der Waals surface area contributed by atoms with E-state index < -0.39 is 10.5 Å². The van der Waals surface area contributed by atoms with Gasteiger partial charge in [0.15, 0.2) is 5.76 Å². The van der Waals surface area contributed by atoms with Crippen LogP contribution < -0.4 is 10.3 Å². The molecule has 0 N–H and O–H groups in total. The van der Waals surface area contributed by atoms with Gasteiger partial charge in [0.1, 0.15) is 12.2 Å². The summed E-state index contributed by atoms with van der Waals surface area (Å²) in [5, 5.41) is 18.2. The van der Waals surface area contributed by atoms with Crippen LogP contribution in [0.2, 0.25) is 15.1 Å². The highest BCUT2D eigenvalue weighted by molar-refractivity contribution is 9.10. The highest BCUT2D eigenvalue weighted by Gasteiger charge is 2.22. The lowest BCUT2D eigenvalue weighted by Gasteiger charge is -2.11. The number of rotatable bonds is 7. The molecular weight excluding hydrogens is 683 g/mol. The van der Waals surface area contributed by atoms with Crippen LogP contribution in [0.3, 0.4) is 0 Å². The van der Waals surface area contributed by atoms with Gasteiger partial charge in [0.25, 0.3) is 5.56 Å². The van der Waals surface area contributed by atoms with Crippen LogP contribution in [0.5, 0.6) is 5.75 Å². The lowest BCUT2D eigenvalue weighted by Crippen LogP contribution is -2.20. The summed E-state index contributed by atoms with van der Waals surface area (Å²) >= 11 is 21.8. The van der Waals surface area contributed by atoms with Crippen LogP contribution in [0.4, 0.5) is 5.69 Å². The van der Waals surface area contributed by atoms with E-state index in [1.807, 2.05) is 12.1 Å². The standard InChI is InChI=1S/C30H16BrCl3N4O5/c31-19-6-8-26-17(10-19)12-27(43-26)29-36-24-4-2-1-3-21(24)30(39)37(29)35-14-18-11-20(32)13-25(38(40)41)28(18)42-15-16-5-7-22(33)23(34)9-16/h1-14H,15H2. The van der Waals surface area contributed by atoms with Crippen LogP contribution in [0.25, 0.3) is 33.5 Å². The first-order chi connectivity index (χ1) is 20.7. The molecule has 0 aliphatic heterocycles. The Hall–Kier alpha value is -4.22. The average Bonchev–Trinajstić information content (AvgIpc) is 3.40. The van der Waals surface area contributed by atoms with Crippen LogP contribution in [0.1, 0.15) is 11.1 Å². The molecule has 13 heteroatoms. The number of nitro benzene ring substituents is 1. The van der Waals surface area contributed by atoms with Gasteiger partial charge in [0.05, 0.1) is 32.1 Å². The molecule has 0 aliphatic rings. The maximum Gasteiger partial charge on any atom is 0.313 e. The van der Waals surface area contributed by atoms with Gasteiger partial charge in [0, 0.05) is 26.5 Å². The largest absolute Gasteiger partial charge is 0.481 e. The Labute approximate surface area is 266 Å². The maximum absolute atomic E-state index is 13.7. The summed E-state index contributed by atoms with van der Waals surface area (Å²) in [6.45, 7) is -0.0720. The Morgan fingerprint density at radius 1 is 1.02 bits per heavy atom. The van der Waals surface area contributed by atoms with Crippen LogP contribution in [0, 0.1) is 10.1 Å². The Morgan fingerprint density at radius 2 is 1.84 bits per heavy atom. The number of nitrogens with zero attached hydrogens (tertiary/aromatic N) is 4. The fourth-order valence-corrected chi connectivity index (χ4v) is 5.33. The zero-order valence-corrected chi connectivity index (χ0v) is 25.5. The van der Waals surface area contributed by atoms with E-state index in [0.29, 0.717) is 37.9 Å². The quantitative estimate of drug-likeness (QED) is 0.0935. The number of nitro groups is 1. The van der Waals surface area contributed by atoms with E-state index in [9.17, 15) is 14.9 Å². The average molecular weight is 699 g/mol. The van der Waals surface area contributed by atoms with Crippen molar-refractivity contribution in [3.63, 3.8) is 0 Å². The lowest BCUT2D eigenvalue weighted by atomic mass is 10.2. The molecule has 214 valence electrons. The van der Waals surface area contributed by atoms with Gasteiger partial charge in [-0.1, -0.05) is 68.9 Å². The molecule has 0 spiro atoms. The molecule has 0 saturated carbocycles. The van der Waals surface area contributed by atoms with Crippen LogP contribution in [-0.2, 0) is 6.61 Å². The van der Waals surface area contributed by atoms with Crippen molar-refractivity contribution in [1.29, 1.82) is 0 Å². The van der Waals surface area contributed by atoms with Crippen molar-refractivity contribution < 1.29 is 14.1 Å². The highest BCUT2D eigenvalue weighted by atomic mass is 79.9. The number of ether oxygens (including phenoxy) is 1. The molecule has 0 unspecified atom stereocenters. The minimum absolute atomic E-state index is 0.0714. The van der Waals surface area contributed by atoms with Gasteiger partial charge in [-0.15, -0.1) is 0 Å². The van der Waals surface area contributed by atoms with Gasteiger partial charge < -0.3 is 9.15 Å². The number of fused-ring (bicyclic) bond motifs is 2. The Balaban J connectivity index is 1.49.